The number of nitrogens with zero attached hydrogens (tertiary/aromatic N) is 2. The first kappa shape index (κ1) is 9.83. The second kappa shape index (κ2) is 3.07. The van der Waals surface area contributed by atoms with E-state index in [2.05, 4.69) is 10.2 Å². The maximum absolute atomic E-state index is 12.0. The van der Waals surface area contributed by atoms with Gasteiger partial charge >= 0.3 is 0 Å². The molecule has 7 heteroatoms. The molecule has 86 valence electrons. The van der Waals surface area contributed by atoms with Gasteiger partial charge in [0.2, 0.25) is 0 Å². The van der Waals surface area contributed by atoms with Crippen molar-refractivity contribution in [2.45, 2.75) is 17.7 Å². The predicted octanol–water partition coefficient (Wildman–Crippen LogP) is -0.579. The van der Waals surface area contributed by atoms with Crippen LogP contribution in [0.15, 0.2) is 12.3 Å². The van der Waals surface area contributed by atoms with Gasteiger partial charge in [-0.15, -0.1) is 0 Å². The van der Waals surface area contributed by atoms with Gasteiger partial charge in [0, 0.05) is 18.8 Å². The highest BCUT2D eigenvalue weighted by Crippen LogP contribution is 2.33. The fourth-order valence-corrected chi connectivity index (χ4v) is 4.50. The molecule has 3 heterocycles. The normalized spacial score (nSPS) is 30.9. The van der Waals surface area contributed by atoms with E-state index in [0.717, 1.165) is 0 Å². The van der Waals surface area contributed by atoms with Crippen LogP contribution in [0, 0.1) is 0 Å². The van der Waals surface area contributed by atoms with Crippen molar-refractivity contribution in [3.05, 3.63) is 18.0 Å². The largest absolute Gasteiger partial charge is 0.332 e. The zero-order valence-corrected chi connectivity index (χ0v) is 9.27. The lowest BCUT2D eigenvalue weighted by atomic mass is 10.2. The fraction of sp³-hybridized carbons (Fsp3) is 0.556. The molecule has 1 aromatic rings. The molecule has 1 aromatic heterocycles. The van der Waals surface area contributed by atoms with Crippen LogP contribution < -0.4 is 0 Å². The molecule has 2 aliphatic rings. The second-order valence-corrected chi connectivity index (χ2v) is 6.59. The molecule has 0 aromatic carbocycles. The number of aromatic amines is 1. The molecule has 0 unspecified atom stereocenters. The number of amides is 1. The number of fused-ring (bicyclic) bond motifs is 2. The van der Waals surface area contributed by atoms with E-state index in [-0.39, 0.29) is 23.0 Å². The number of H-pyrrole nitrogens is 1. The summed E-state index contributed by atoms with van der Waals surface area (Å²) in [7, 11) is -2.94. The number of aromatic nitrogens is 2. The van der Waals surface area contributed by atoms with Crippen molar-refractivity contribution in [1.29, 1.82) is 0 Å². The van der Waals surface area contributed by atoms with Gasteiger partial charge in [-0.05, 0) is 12.5 Å². The molecule has 0 radical (unpaired) electrons. The standard InChI is InChI=1S/C9H11N3O3S/c13-9(8-1-2-10-11-8)12-4-7-3-6(12)5-16(7,14)15/h1-2,6-7H,3-5H2,(H,10,11)/t6-,7+/m0/s1. The molecule has 16 heavy (non-hydrogen) atoms. The first-order valence-corrected chi connectivity index (χ1v) is 6.81. The Morgan fingerprint density at radius 2 is 2.38 bits per heavy atom. The first-order chi connectivity index (χ1) is 7.58. The molecule has 0 saturated carbocycles. The number of rotatable bonds is 1. The third-order valence-electron chi connectivity index (χ3n) is 3.30. The highest BCUT2D eigenvalue weighted by atomic mass is 32.2. The Labute approximate surface area is 92.6 Å². The number of nitrogens with one attached hydrogen (secondary N) is 1. The van der Waals surface area contributed by atoms with Crippen LogP contribution in [-0.2, 0) is 9.84 Å². The highest BCUT2D eigenvalue weighted by molar-refractivity contribution is 7.92. The molecule has 0 aliphatic carbocycles. The first-order valence-electron chi connectivity index (χ1n) is 5.10. The molecule has 2 bridgehead atoms. The van der Waals surface area contributed by atoms with Crippen molar-refractivity contribution in [3.8, 4) is 0 Å². The summed E-state index contributed by atoms with van der Waals surface area (Å²) in [6.45, 7) is 0.324. The van der Waals surface area contributed by atoms with Crippen LogP contribution in [0.4, 0.5) is 0 Å². The molecule has 2 fully saturated rings. The Kier molecular flexibility index (Phi) is 1.88. The van der Waals surface area contributed by atoms with Crippen LogP contribution in [0.5, 0.6) is 0 Å². The van der Waals surface area contributed by atoms with Gasteiger partial charge in [0.25, 0.3) is 5.91 Å². The summed E-state index contributed by atoms with van der Waals surface area (Å²) in [6.07, 6.45) is 2.10. The van der Waals surface area contributed by atoms with E-state index in [0.29, 0.717) is 18.7 Å². The quantitative estimate of drug-likeness (QED) is 0.713. The van der Waals surface area contributed by atoms with Gasteiger partial charge in [-0.2, -0.15) is 5.10 Å². The number of hydrogen-bond acceptors (Lipinski definition) is 4. The number of likely N-dealkylation sites (tertiary alicyclic amines) is 1. The van der Waals surface area contributed by atoms with E-state index in [1.807, 2.05) is 0 Å². The van der Waals surface area contributed by atoms with E-state index in [1.54, 1.807) is 11.0 Å². The maximum atomic E-state index is 12.0. The van der Waals surface area contributed by atoms with Crippen LogP contribution in [0.25, 0.3) is 0 Å². The Hall–Kier alpha value is -1.37. The van der Waals surface area contributed by atoms with Crippen LogP contribution in [0.2, 0.25) is 0 Å². The smallest absolute Gasteiger partial charge is 0.272 e. The van der Waals surface area contributed by atoms with Gasteiger partial charge in [-0.3, -0.25) is 9.89 Å². The Bertz CT molecular complexity index is 522. The summed E-state index contributed by atoms with van der Waals surface area (Å²) in [5.41, 5.74) is 0.421. The van der Waals surface area contributed by atoms with Crippen molar-refractivity contribution >= 4 is 15.7 Å². The lowest BCUT2D eigenvalue weighted by Crippen LogP contribution is -2.44. The Morgan fingerprint density at radius 1 is 1.56 bits per heavy atom. The van der Waals surface area contributed by atoms with Crippen LogP contribution >= 0.6 is 0 Å². The Balaban J connectivity index is 1.84. The van der Waals surface area contributed by atoms with Gasteiger partial charge in [0.15, 0.2) is 9.84 Å². The van der Waals surface area contributed by atoms with E-state index in [9.17, 15) is 13.2 Å². The molecular weight excluding hydrogens is 230 g/mol. The van der Waals surface area contributed by atoms with Crippen LogP contribution in [0.3, 0.4) is 0 Å². The van der Waals surface area contributed by atoms with Gasteiger partial charge in [-0.25, -0.2) is 8.42 Å². The van der Waals surface area contributed by atoms with E-state index in [1.165, 1.54) is 6.20 Å². The monoisotopic (exact) mass is 241 g/mol. The number of hydrogen-bond donors (Lipinski definition) is 1. The van der Waals surface area contributed by atoms with Gasteiger partial charge in [0.05, 0.1) is 11.0 Å². The summed E-state index contributed by atoms with van der Waals surface area (Å²) < 4.78 is 23.0. The highest BCUT2D eigenvalue weighted by Gasteiger charge is 2.50. The minimum Gasteiger partial charge on any atom is -0.332 e. The molecule has 0 spiro atoms. The average molecular weight is 241 g/mol. The summed E-state index contributed by atoms with van der Waals surface area (Å²) in [5.74, 6) is -0.0442. The minimum atomic E-state index is -2.94. The Morgan fingerprint density at radius 3 is 2.88 bits per heavy atom. The van der Waals surface area contributed by atoms with E-state index >= 15 is 0 Å². The van der Waals surface area contributed by atoms with Gasteiger partial charge < -0.3 is 4.90 Å². The van der Waals surface area contributed by atoms with E-state index < -0.39 is 9.84 Å². The summed E-state index contributed by atoms with van der Waals surface area (Å²) >= 11 is 0. The SMILES string of the molecule is O=C(c1ccn[nH]1)N1C[C@H]2C[C@H]1CS2(=O)=O. The van der Waals surface area contributed by atoms with Crippen LogP contribution in [0.1, 0.15) is 16.9 Å². The van der Waals surface area contributed by atoms with E-state index in [4.69, 9.17) is 0 Å². The van der Waals surface area contributed by atoms with Crippen molar-refractivity contribution in [2.75, 3.05) is 12.3 Å². The summed E-state index contributed by atoms with van der Waals surface area (Å²) in [6, 6.07) is 1.45. The molecule has 6 nitrogen and oxygen atoms in total. The molecule has 2 aliphatic heterocycles. The number of sulfone groups is 1. The summed E-state index contributed by atoms with van der Waals surface area (Å²) in [4.78, 5) is 13.6. The molecule has 1 amide bonds. The number of carbonyl (C=O) groups excluding carboxylic acids is 1. The number of carbonyl (C=O) groups is 1. The second-order valence-electron chi connectivity index (χ2n) is 4.27. The lowest BCUT2D eigenvalue weighted by molar-refractivity contribution is 0.0740. The van der Waals surface area contributed by atoms with Gasteiger partial charge in [-0.1, -0.05) is 0 Å². The minimum absolute atomic E-state index is 0.109. The average Bonchev–Trinajstić information content (AvgIpc) is 2.88. The molecular formula is C9H11N3O3S. The summed E-state index contributed by atoms with van der Waals surface area (Å²) in [5, 5.41) is 5.96. The molecule has 2 saturated heterocycles. The molecule has 3 rings (SSSR count). The third-order valence-corrected chi connectivity index (χ3v) is 5.51. The zero-order valence-electron chi connectivity index (χ0n) is 8.46. The molecule has 1 N–H and O–H groups in total. The topological polar surface area (TPSA) is 83.1 Å². The maximum Gasteiger partial charge on any atom is 0.272 e. The predicted molar refractivity (Wildman–Crippen MR) is 55.6 cm³/mol. The zero-order chi connectivity index (χ0) is 11.3. The van der Waals surface area contributed by atoms with Crippen molar-refractivity contribution in [2.24, 2.45) is 0 Å². The van der Waals surface area contributed by atoms with Crippen LogP contribution in [-0.4, -0.2) is 53.0 Å². The third kappa shape index (κ3) is 1.27. The fourth-order valence-electron chi connectivity index (χ4n) is 2.47. The van der Waals surface area contributed by atoms with Crippen molar-refractivity contribution < 1.29 is 13.2 Å². The van der Waals surface area contributed by atoms with Crippen molar-refractivity contribution in [3.63, 3.8) is 0 Å². The molecule has 2 atom stereocenters. The van der Waals surface area contributed by atoms with Crippen molar-refractivity contribution in [1.82, 2.24) is 15.1 Å². The van der Waals surface area contributed by atoms with Gasteiger partial charge in [0.1, 0.15) is 5.69 Å². The lowest BCUT2D eigenvalue weighted by Gasteiger charge is -2.26.